The van der Waals surface area contributed by atoms with E-state index in [1.165, 1.54) is 25.1 Å². The van der Waals surface area contributed by atoms with Gasteiger partial charge in [-0.15, -0.1) is 0 Å². The van der Waals surface area contributed by atoms with Crippen molar-refractivity contribution in [3.8, 4) is 0 Å². The molecule has 0 saturated carbocycles. The van der Waals surface area contributed by atoms with Crippen molar-refractivity contribution in [2.45, 2.75) is 13.0 Å². The van der Waals surface area contributed by atoms with Gasteiger partial charge in [0.25, 0.3) is 0 Å². The molecule has 1 aromatic rings. The summed E-state index contributed by atoms with van der Waals surface area (Å²) in [4.78, 5) is 5.04. The number of rotatable bonds is 4. The second kappa shape index (κ2) is 7.49. The number of alkyl halides is 1. The van der Waals surface area contributed by atoms with E-state index >= 15 is 0 Å². The van der Waals surface area contributed by atoms with Gasteiger partial charge in [-0.2, -0.15) is 0 Å². The first kappa shape index (κ1) is 14.3. The van der Waals surface area contributed by atoms with Gasteiger partial charge in [-0.05, 0) is 31.1 Å². The predicted molar refractivity (Wildman–Crippen MR) is 81.6 cm³/mol. The van der Waals surface area contributed by atoms with Crippen LogP contribution < -0.4 is 0 Å². The Morgan fingerprint density at radius 2 is 1.78 bits per heavy atom. The van der Waals surface area contributed by atoms with Crippen LogP contribution in [0.25, 0.3) is 0 Å². The molecule has 1 aliphatic heterocycles. The molecule has 0 amide bonds. The Labute approximate surface area is 123 Å². The molecule has 0 aromatic heterocycles. The summed E-state index contributed by atoms with van der Waals surface area (Å²) in [6.45, 7) is 6.81. The Bertz CT molecular complexity index is 373. The van der Waals surface area contributed by atoms with E-state index in [1.54, 1.807) is 0 Å². The molecule has 18 heavy (non-hydrogen) atoms. The fourth-order valence-electron chi connectivity index (χ4n) is 2.39. The molecule has 0 spiro atoms. The molecule has 4 heteroatoms. The normalized spacial score (nSPS) is 18.8. The molecule has 0 aliphatic carbocycles. The first-order chi connectivity index (χ1) is 8.79. The van der Waals surface area contributed by atoms with Crippen LogP contribution >= 0.6 is 27.5 Å². The van der Waals surface area contributed by atoms with Gasteiger partial charge in [0.1, 0.15) is 0 Å². The highest BCUT2D eigenvalue weighted by Crippen LogP contribution is 2.17. The maximum absolute atomic E-state index is 6.22. The number of nitrogens with zero attached hydrogens (tertiary/aromatic N) is 2. The largest absolute Gasteiger partial charge is 0.301 e. The van der Waals surface area contributed by atoms with Gasteiger partial charge in [-0.25, -0.2) is 0 Å². The fourth-order valence-corrected chi connectivity index (χ4v) is 3.09. The van der Waals surface area contributed by atoms with Crippen LogP contribution in [0.2, 0.25) is 5.02 Å². The van der Waals surface area contributed by atoms with Crippen molar-refractivity contribution in [3.63, 3.8) is 0 Å². The number of hydrogen-bond acceptors (Lipinski definition) is 2. The minimum Gasteiger partial charge on any atom is -0.301 e. The molecule has 2 nitrogen and oxygen atoms in total. The summed E-state index contributed by atoms with van der Waals surface area (Å²) >= 11 is 9.74. The summed E-state index contributed by atoms with van der Waals surface area (Å²) in [5, 5.41) is 1.95. The van der Waals surface area contributed by atoms with Crippen LogP contribution in [-0.2, 0) is 6.54 Å². The number of halogens is 2. The molecule has 1 fully saturated rings. The molecular weight excluding hydrogens is 312 g/mol. The van der Waals surface area contributed by atoms with Gasteiger partial charge in [0.05, 0.1) is 0 Å². The molecule has 0 radical (unpaired) electrons. The molecule has 1 heterocycles. The first-order valence-electron chi connectivity index (χ1n) is 6.53. The summed E-state index contributed by atoms with van der Waals surface area (Å²) in [5.41, 5.74) is 1.24. The molecule has 0 bridgehead atoms. The summed E-state index contributed by atoms with van der Waals surface area (Å²) in [6, 6.07) is 8.16. The minimum atomic E-state index is 0.888. The van der Waals surface area contributed by atoms with E-state index in [4.69, 9.17) is 11.6 Å². The molecule has 0 atom stereocenters. The second-order valence-electron chi connectivity index (χ2n) is 4.75. The second-order valence-corrected chi connectivity index (χ2v) is 5.95. The lowest BCUT2D eigenvalue weighted by Gasteiger charge is -2.21. The van der Waals surface area contributed by atoms with Crippen molar-refractivity contribution >= 4 is 27.5 Å². The zero-order chi connectivity index (χ0) is 12.8. The SMILES string of the molecule is Clc1ccccc1CN1CCCN(CCBr)CC1. The van der Waals surface area contributed by atoms with Gasteiger partial charge >= 0.3 is 0 Å². The van der Waals surface area contributed by atoms with Crippen LogP contribution in [0.1, 0.15) is 12.0 Å². The maximum Gasteiger partial charge on any atom is 0.0451 e. The van der Waals surface area contributed by atoms with Crippen molar-refractivity contribution in [2.24, 2.45) is 0 Å². The molecular formula is C14H20BrClN2. The molecule has 0 N–H and O–H groups in total. The summed E-state index contributed by atoms with van der Waals surface area (Å²) in [6.07, 6.45) is 1.25. The standard InChI is InChI=1S/C14H20BrClN2/c15-6-9-17-7-3-8-18(11-10-17)12-13-4-1-2-5-14(13)16/h1-2,4-5H,3,6-12H2. The molecule has 2 rings (SSSR count). The summed E-state index contributed by atoms with van der Waals surface area (Å²) < 4.78 is 0. The van der Waals surface area contributed by atoms with E-state index < -0.39 is 0 Å². The third kappa shape index (κ3) is 4.23. The summed E-state index contributed by atoms with van der Waals surface area (Å²) in [5.74, 6) is 0. The molecule has 1 aliphatic rings. The highest BCUT2D eigenvalue weighted by molar-refractivity contribution is 9.09. The van der Waals surface area contributed by atoms with Crippen LogP contribution in [0.15, 0.2) is 24.3 Å². The minimum absolute atomic E-state index is 0.888. The Balaban J connectivity index is 1.89. The van der Waals surface area contributed by atoms with Gasteiger partial charge in [-0.1, -0.05) is 45.7 Å². The average molecular weight is 332 g/mol. The van der Waals surface area contributed by atoms with Gasteiger partial charge in [0.15, 0.2) is 0 Å². The number of benzene rings is 1. The van der Waals surface area contributed by atoms with Crippen LogP contribution in [0.3, 0.4) is 0 Å². The Kier molecular flexibility index (Phi) is 5.96. The average Bonchev–Trinajstić information content (AvgIpc) is 2.59. The van der Waals surface area contributed by atoms with Crippen molar-refractivity contribution in [1.29, 1.82) is 0 Å². The summed E-state index contributed by atoms with van der Waals surface area (Å²) in [7, 11) is 0. The zero-order valence-corrected chi connectivity index (χ0v) is 13.0. The van der Waals surface area contributed by atoms with Crippen LogP contribution in [-0.4, -0.2) is 47.9 Å². The zero-order valence-electron chi connectivity index (χ0n) is 10.6. The Morgan fingerprint density at radius 1 is 1.06 bits per heavy atom. The number of hydrogen-bond donors (Lipinski definition) is 0. The third-order valence-electron chi connectivity index (χ3n) is 3.43. The van der Waals surface area contributed by atoms with Crippen molar-refractivity contribution in [1.82, 2.24) is 9.80 Å². The topological polar surface area (TPSA) is 6.48 Å². The van der Waals surface area contributed by atoms with Crippen molar-refractivity contribution in [2.75, 3.05) is 38.1 Å². The third-order valence-corrected chi connectivity index (χ3v) is 4.16. The highest BCUT2D eigenvalue weighted by atomic mass is 79.9. The lowest BCUT2D eigenvalue weighted by Crippen LogP contribution is -2.31. The van der Waals surface area contributed by atoms with Crippen molar-refractivity contribution in [3.05, 3.63) is 34.9 Å². The fraction of sp³-hybridized carbons (Fsp3) is 0.571. The molecule has 100 valence electrons. The monoisotopic (exact) mass is 330 g/mol. The quantitative estimate of drug-likeness (QED) is 0.782. The van der Waals surface area contributed by atoms with Crippen LogP contribution in [0.5, 0.6) is 0 Å². The van der Waals surface area contributed by atoms with E-state index in [9.17, 15) is 0 Å². The van der Waals surface area contributed by atoms with Crippen LogP contribution in [0, 0.1) is 0 Å². The van der Waals surface area contributed by atoms with E-state index in [-0.39, 0.29) is 0 Å². The lowest BCUT2D eigenvalue weighted by atomic mass is 10.2. The molecule has 0 unspecified atom stereocenters. The van der Waals surface area contributed by atoms with Gasteiger partial charge in [0.2, 0.25) is 0 Å². The van der Waals surface area contributed by atoms with E-state index in [1.807, 2.05) is 12.1 Å². The van der Waals surface area contributed by atoms with E-state index in [0.717, 1.165) is 36.5 Å². The predicted octanol–water partition coefficient (Wildman–Crippen LogP) is 3.24. The first-order valence-corrected chi connectivity index (χ1v) is 8.03. The molecule has 1 saturated heterocycles. The maximum atomic E-state index is 6.22. The van der Waals surface area contributed by atoms with Crippen LogP contribution in [0.4, 0.5) is 0 Å². The van der Waals surface area contributed by atoms with Gasteiger partial charge in [0, 0.05) is 36.5 Å². The Morgan fingerprint density at radius 3 is 2.56 bits per heavy atom. The Hall–Kier alpha value is -0.0900. The van der Waals surface area contributed by atoms with Crippen molar-refractivity contribution < 1.29 is 0 Å². The van der Waals surface area contributed by atoms with Gasteiger partial charge < -0.3 is 4.90 Å². The lowest BCUT2D eigenvalue weighted by molar-refractivity contribution is 0.258. The highest BCUT2D eigenvalue weighted by Gasteiger charge is 2.15. The van der Waals surface area contributed by atoms with E-state index in [0.29, 0.717) is 0 Å². The van der Waals surface area contributed by atoms with Gasteiger partial charge in [-0.3, -0.25) is 4.90 Å². The molecule has 1 aromatic carbocycles. The smallest absolute Gasteiger partial charge is 0.0451 e. The van der Waals surface area contributed by atoms with E-state index in [2.05, 4.69) is 37.9 Å².